The van der Waals surface area contributed by atoms with E-state index in [0.717, 1.165) is 6.42 Å². The Morgan fingerprint density at radius 3 is 2.15 bits per heavy atom. The number of rotatable bonds is 0. The molecule has 0 radical (unpaired) electrons. The van der Waals surface area contributed by atoms with Gasteiger partial charge in [0, 0.05) is 5.41 Å². The Kier molecular flexibility index (Phi) is 2.56. The molecule has 0 atom stereocenters. The molecule has 4 aromatic carbocycles. The van der Waals surface area contributed by atoms with E-state index in [2.05, 4.69) is 86.6 Å². The van der Waals surface area contributed by atoms with Gasteiger partial charge in [0.05, 0.1) is 0 Å². The molecule has 124 valence electrons. The lowest BCUT2D eigenvalue weighted by Gasteiger charge is -2.25. The maximum Gasteiger partial charge on any atom is 0.0165 e. The van der Waals surface area contributed by atoms with E-state index in [1.807, 2.05) is 0 Å². The lowest BCUT2D eigenvalue weighted by Crippen LogP contribution is -2.16. The molecule has 0 nitrogen and oxygen atoms in total. The van der Waals surface area contributed by atoms with Crippen molar-refractivity contribution in [2.75, 3.05) is 0 Å². The molecular formula is C26H20. The molecule has 4 aromatic rings. The Balaban J connectivity index is 1.89. The second kappa shape index (κ2) is 4.65. The van der Waals surface area contributed by atoms with Crippen molar-refractivity contribution in [2.24, 2.45) is 0 Å². The topological polar surface area (TPSA) is 0 Å². The van der Waals surface area contributed by atoms with Gasteiger partial charge in [0.1, 0.15) is 0 Å². The Morgan fingerprint density at radius 2 is 1.31 bits per heavy atom. The highest BCUT2D eigenvalue weighted by Crippen LogP contribution is 2.58. The van der Waals surface area contributed by atoms with Crippen LogP contribution < -0.4 is 0 Å². The molecule has 0 spiro atoms. The van der Waals surface area contributed by atoms with E-state index in [4.69, 9.17) is 0 Å². The summed E-state index contributed by atoms with van der Waals surface area (Å²) in [6, 6.07) is 27.0. The number of benzene rings is 4. The first-order valence-corrected chi connectivity index (χ1v) is 9.44. The van der Waals surface area contributed by atoms with Crippen LogP contribution in [0.25, 0.3) is 33.0 Å². The molecule has 0 aliphatic heterocycles. The molecule has 26 heavy (non-hydrogen) atoms. The van der Waals surface area contributed by atoms with Crippen molar-refractivity contribution in [3.63, 3.8) is 0 Å². The minimum Gasteiger partial charge on any atom is -0.0619 e. The van der Waals surface area contributed by atoms with Crippen molar-refractivity contribution in [1.82, 2.24) is 0 Å². The standard InChI is InChI=1S/C26H20/c1-26(2)22-14-8-7-13-20(22)24-19-12-6-5-11-18(19)21-15-16-9-3-4-10-17(16)23(21)25(24)26/h3-14H,15H2,1-2H3. The molecule has 0 saturated carbocycles. The molecule has 0 unspecified atom stereocenters. The molecule has 2 aliphatic carbocycles. The van der Waals surface area contributed by atoms with Crippen LogP contribution in [-0.4, -0.2) is 0 Å². The first-order valence-electron chi connectivity index (χ1n) is 9.44. The van der Waals surface area contributed by atoms with Crippen LogP contribution in [0.5, 0.6) is 0 Å². The van der Waals surface area contributed by atoms with Gasteiger partial charge < -0.3 is 0 Å². The predicted octanol–water partition coefficient (Wildman–Crippen LogP) is 6.72. The number of fused-ring (bicyclic) bond motifs is 10. The minimum absolute atomic E-state index is 0.0253. The summed E-state index contributed by atoms with van der Waals surface area (Å²) in [5, 5.41) is 2.83. The monoisotopic (exact) mass is 332 g/mol. The maximum absolute atomic E-state index is 2.40. The molecule has 0 N–H and O–H groups in total. The molecule has 0 heterocycles. The molecule has 6 rings (SSSR count). The summed E-state index contributed by atoms with van der Waals surface area (Å²) in [5.74, 6) is 0. The Bertz CT molecular complexity index is 1220. The molecule has 0 bridgehead atoms. The van der Waals surface area contributed by atoms with E-state index in [1.54, 1.807) is 0 Å². The van der Waals surface area contributed by atoms with Crippen LogP contribution in [0, 0.1) is 0 Å². The van der Waals surface area contributed by atoms with Crippen LogP contribution >= 0.6 is 0 Å². The van der Waals surface area contributed by atoms with Gasteiger partial charge in [-0.3, -0.25) is 0 Å². The van der Waals surface area contributed by atoms with E-state index in [9.17, 15) is 0 Å². The zero-order valence-corrected chi connectivity index (χ0v) is 15.1. The van der Waals surface area contributed by atoms with E-state index >= 15 is 0 Å². The highest BCUT2D eigenvalue weighted by molar-refractivity contribution is 6.10. The highest BCUT2D eigenvalue weighted by Gasteiger charge is 2.41. The lowest BCUT2D eigenvalue weighted by molar-refractivity contribution is 0.662. The summed E-state index contributed by atoms with van der Waals surface area (Å²) in [6.45, 7) is 4.79. The van der Waals surface area contributed by atoms with Crippen LogP contribution in [0.4, 0.5) is 0 Å². The fourth-order valence-corrected chi connectivity index (χ4v) is 5.38. The van der Waals surface area contributed by atoms with Crippen LogP contribution in [0.15, 0.2) is 72.8 Å². The van der Waals surface area contributed by atoms with Gasteiger partial charge >= 0.3 is 0 Å². The quantitative estimate of drug-likeness (QED) is 0.295. The average molecular weight is 332 g/mol. The van der Waals surface area contributed by atoms with Gasteiger partial charge in [-0.25, -0.2) is 0 Å². The Hall–Kier alpha value is -2.86. The van der Waals surface area contributed by atoms with Gasteiger partial charge in [-0.15, -0.1) is 0 Å². The smallest absolute Gasteiger partial charge is 0.0165 e. The molecule has 2 aliphatic rings. The van der Waals surface area contributed by atoms with Crippen molar-refractivity contribution in [3.8, 4) is 22.3 Å². The Labute approximate surface area is 154 Å². The van der Waals surface area contributed by atoms with Crippen molar-refractivity contribution in [3.05, 3.63) is 95.1 Å². The van der Waals surface area contributed by atoms with Crippen LogP contribution in [0.3, 0.4) is 0 Å². The Morgan fingerprint density at radius 1 is 0.654 bits per heavy atom. The van der Waals surface area contributed by atoms with Crippen LogP contribution in [0.2, 0.25) is 0 Å². The number of hydrogen-bond acceptors (Lipinski definition) is 0. The fraction of sp³-hybridized carbons (Fsp3) is 0.154. The van der Waals surface area contributed by atoms with Crippen molar-refractivity contribution in [2.45, 2.75) is 25.7 Å². The van der Waals surface area contributed by atoms with Gasteiger partial charge in [0.2, 0.25) is 0 Å². The molecule has 0 heteroatoms. The van der Waals surface area contributed by atoms with Gasteiger partial charge in [-0.2, -0.15) is 0 Å². The predicted molar refractivity (Wildman–Crippen MR) is 110 cm³/mol. The average Bonchev–Trinajstić information content (AvgIpc) is 3.16. The molecule has 0 aromatic heterocycles. The zero-order valence-electron chi connectivity index (χ0n) is 15.1. The molecule has 0 amide bonds. The number of hydrogen-bond donors (Lipinski definition) is 0. The molecule has 0 fully saturated rings. The second-order valence-corrected chi connectivity index (χ2v) is 8.15. The molecule has 0 saturated heterocycles. The minimum atomic E-state index is 0.0253. The molecular weight excluding hydrogens is 312 g/mol. The summed E-state index contributed by atoms with van der Waals surface area (Å²) in [7, 11) is 0. The second-order valence-electron chi connectivity index (χ2n) is 8.15. The van der Waals surface area contributed by atoms with Crippen molar-refractivity contribution < 1.29 is 0 Å². The van der Waals surface area contributed by atoms with E-state index in [-0.39, 0.29) is 5.41 Å². The fourth-order valence-electron chi connectivity index (χ4n) is 5.38. The summed E-state index contributed by atoms with van der Waals surface area (Å²) in [4.78, 5) is 0. The van der Waals surface area contributed by atoms with Crippen molar-refractivity contribution in [1.29, 1.82) is 0 Å². The SMILES string of the molecule is CC1(C)c2ccccc2-c2c1c1c(c3ccccc23)Cc2ccccc2-1. The maximum atomic E-state index is 2.40. The summed E-state index contributed by atoms with van der Waals surface area (Å²) >= 11 is 0. The third-order valence-corrected chi connectivity index (χ3v) is 6.47. The van der Waals surface area contributed by atoms with Crippen molar-refractivity contribution >= 4 is 10.8 Å². The third-order valence-electron chi connectivity index (χ3n) is 6.47. The van der Waals surface area contributed by atoms with E-state index in [0.29, 0.717) is 0 Å². The van der Waals surface area contributed by atoms with Crippen LogP contribution in [-0.2, 0) is 11.8 Å². The summed E-state index contributed by atoms with van der Waals surface area (Å²) in [6.07, 6.45) is 1.05. The lowest BCUT2D eigenvalue weighted by atomic mass is 9.77. The first-order chi connectivity index (χ1) is 12.7. The summed E-state index contributed by atoms with van der Waals surface area (Å²) < 4.78 is 0. The van der Waals surface area contributed by atoms with Crippen LogP contribution in [0.1, 0.15) is 36.1 Å². The first kappa shape index (κ1) is 14.3. The van der Waals surface area contributed by atoms with E-state index < -0.39 is 0 Å². The van der Waals surface area contributed by atoms with Gasteiger partial charge in [0.25, 0.3) is 0 Å². The van der Waals surface area contributed by atoms with Gasteiger partial charge in [-0.05, 0) is 61.7 Å². The van der Waals surface area contributed by atoms with Gasteiger partial charge in [0.15, 0.2) is 0 Å². The largest absolute Gasteiger partial charge is 0.0619 e. The third kappa shape index (κ3) is 1.56. The summed E-state index contributed by atoms with van der Waals surface area (Å²) in [5.41, 5.74) is 11.8. The highest BCUT2D eigenvalue weighted by atomic mass is 14.4. The zero-order chi connectivity index (χ0) is 17.5. The van der Waals surface area contributed by atoms with Gasteiger partial charge in [-0.1, -0.05) is 86.6 Å². The van der Waals surface area contributed by atoms with E-state index in [1.165, 1.54) is 55.3 Å². The normalized spacial score (nSPS) is 15.5.